The zero-order chi connectivity index (χ0) is 13.8. The number of aldehydes is 1. The zero-order valence-corrected chi connectivity index (χ0v) is 10.5. The first-order chi connectivity index (χ1) is 9.10. The van der Waals surface area contributed by atoms with Gasteiger partial charge in [-0.3, -0.25) is 4.79 Å². The molecule has 0 unspecified atom stereocenters. The predicted octanol–water partition coefficient (Wildman–Crippen LogP) is 4.01. The molecule has 2 rings (SSSR count). The number of rotatable bonds is 4. The summed E-state index contributed by atoms with van der Waals surface area (Å²) in [6.45, 7) is -0.0108. The Morgan fingerprint density at radius 2 is 1.79 bits per heavy atom. The molecule has 98 valence electrons. The van der Waals surface area contributed by atoms with Gasteiger partial charge >= 0.3 is 0 Å². The van der Waals surface area contributed by atoms with Gasteiger partial charge in [-0.25, -0.2) is 8.78 Å². The minimum atomic E-state index is -0.529. The van der Waals surface area contributed by atoms with E-state index in [-0.39, 0.29) is 17.9 Å². The Kier molecular flexibility index (Phi) is 4.12. The van der Waals surface area contributed by atoms with Crippen LogP contribution in [0, 0.1) is 11.6 Å². The summed E-state index contributed by atoms with van der Waals surface area (Å²) < 4.78 is 31.3. The van der Waals surface area contributed by atoms with Crippen LogP contribution in [0.15, 0.2) is 36.4 Å². The summed E-state index contributed by atoms with van der Waals surface area (Å²) in [4.78, 5) is 10.8. The molecule has 2 aromatic rings. The third-order valence-corrected chi connectivity index (χ3v) is 2.86. The van der Waals surface area contributed by atoms with Crippen LogP contribution >= 0.6 is 11.6 Å². The van der Waals surface area contributed by atoms with E-state index >= 15 is 0 Å². The number of benzene rings is 2. The van der Waals surface area contributed by atoms with Gasteiger partial charge < -0.3 is 4.74 Å². The van der Waals surface area contributed by atoms with Gasteiger partial charge in [-0.05, 0) is 36.4 Å². The Morgan fingerprint density at radius 1 is 1.11 bits per heavy atom. The van der Waals surface area contributed by atoms with Crippen LogP contribution in [0.4, 0.5) is 8.78 Å². The molecule has 0 aliphatic carbocycles. The van der Waals surface area contributed by atoms with E-state index in [2.05, 4.69) is 0 Å². The standard InChI is InChI=1S/C14H9ClF2O2/c15-13-3-1-11(16)6-10(13)8-19-14-4-2-12(17)5-9(14)7-18/h1-7H,8H2. The molecule has 19 heavy (non-hydrogen) atoms. The second-order valence-corrected chi connectivity index (χ2v) is 4.23. The highest BCUT2D eigenvalue weighted by Crippen LogP contribution is 2.22. The van der Waals surface area contributed by atoms with Crippen molar-refractivity contribution in [3.63, 3.8) is 0 Å². The molecule has 0 atom stereocenters. The SMILES string of the molecule is O=Cc1cc(F)ccc1OCc1cc(F)ccc1Cl. The van der Waals surface area contributed by atoms with Crippen LogP contribution in [0.25, 0.3) is 0 Å². The maximum atomic E-state index is 13.1. The molecule has 0 aromatic heterocycles. The molecule has 0 heterocycles. The molecular formula is C14H9ClF2O2. The van der Waals surface area contributed by atoms with Crippen LogP contribution in [0.5, 0.6) is 5.75 Å². The largest absolute Gasteiger partial charge is 0.488 e. The highest BCUT2D eigenvalue weighted by atomic mass is 35.5. The van der Waals surface area contributed by atoms with Crippen molar-refractivity contribution in [1.29, 1.82) is 0 Å². The summed E-state index contributed by atoms with van der Waals surface area (Å²) in [6, 6.07) is 7.48. The van der Waals surface area contributed by atoms with Gasteiger partial charge in [-0.15, -0.1) is 0 Å². The monoisotopic (exact) mass is 282 g/mol. The molecule has 5 heteroatoms. The van der Waals surface area contributed by atoms with Crippen LogP contribution < -0.4 is 4.74 Å². The summed E-state index contributed by atoms with van der Waals surface area (Å²) in [5, 5.41) is 0.358. The van der Waals surface area contributed by atoms with Gasteiger partial charge in [0.05, 0.1) is 5.56 Å². The molecule has 2 nitrogen and oxygen atoms in total. The molecule has 0 saturated heterocycles. The van der Waals surface area contributed by atoms with Gasteiger partial charge in [0.2, 0.25) is 0 Å². The van der Waals surface area contributed by atoms with Crippen LogP contribution in [-0.4, -0.2) is 6.29 Å². The fourth-order valence-electron chi connectivity index (χ4n) is 1.55. The minimum absolute atomic E-state index is 0.0108. The van der Waals surface area contributed by atoms with Crippen molar-refractivity contribution >= 4 is 17.9 Å². The van der Waals surface area contributed by atoms with Crippen LogP contribution in [0.1, 0.15) is 15.9 Å². The molecule has 0 N–H and O–H groups in total. The Balaban J connectivity index is 2.18. The molecule has 0 fully saturated rings. The van der Waals surface area contributed by atoms with Gasteiger partial charge in [0.15, 0.2) is 6.29 Å². The number of carbonyl (C=O) groups excluding carboxylic acids is 1. The van der Waals surface area contributed by atoms with Gasteiger partial charge in [0.25, 0.3) is 0 Å². The first-order valence-corrected chi connectivity index (χ1v) is 5.79. The van der Waals surface area contributed by atoms with Crippen molar-refractivity contribution in [1.82, 2.24) is 0 Å². The smallest absolute Gasteiger partial charge is 0.153 e. The summed E-state index contributed by atoms with van der Waals surface area (Å²) in [7, 11) is 0. The first-order valence-electron chi connectivity index (χ1n) is 5.41. The van der Waals surface area contributed by atoms with Crippen molar-refractivity contribution in [2.75, 3.05) is 0 Å². The van der Waals surface area contributed by atoms with Gasteiger partial charge in [-0.1, -0.05) is 11.6 Å². The first kappa shape index (κ1) is 13.5. The van der Waals surface area contributed by atoms with Crippen LogP contribution in [0.2, 0.25) is 5.02 Å². The fourth-order valence-corrected chi connectivity index (χ4v) is 1.72. The van der Waals surface area contributed by atoms with E-state index in [0.29, 0.717) is 16.9 Å². The summed E-state index contributed by atoms with van der Waals surface area (Å²) in [6.07, 6.45) is 0.492. The highest BCUT2D eigenvalue weighted by Gasteiger charge is 2.07. The summed E-state index contributed by atoms with van der Waals surface area (Å²) in [5.41, 5.74) is 0.537. The van der Waals surface area contributed by atoms with Crippen molar-refractivity contribution < 1.29 is 18.3 Å². The molecule has 0 saturated carbocycles. The molecule has 0 aliphatic rings. The maximum absolute atomic E-state index is 13.1. The molecule has 2 aromatic carbocycles. The number of hydrogen-bond acceptors (Lipinski definition) is 2. The number of hydrogen-bond donors (Lipinski definition) is 0. The number of halogens is 3. The van der Waals surface area contributed by atoms with Crippen molar-refractivity contribution in [3.8, 4) is 5.75 Å². The molecular weight excluding hydrogens is 274 g/mol. The lowest BCUT2D eigenvalue weighted by molar-refractivity contribution is 0.111. The van der Waals surface area contributed by atoms with Gasteiger partial charge in [0.1, 0.15) is 24.0 Å². The lowest BCUT2D eigenvalue weighted by Crippen LogP contribution is -2.00. The quantitative estimate of drug-likeness (QED) is 0.792. The Morgan fingerprint density at radius 3 is 2.53 bits per heavy atom. The van der Waals surface area contributed by atoms with E-state index in [1.807, 2.05) is 0 Å². The lowest BCUT2D eigenvalue weighted by Gasteiger charge is -2.09. The normalized spacial score (nSPS) is 10.3. The third kappa shape index (κ3) is 3.29. The predicted molar refractivity (Wildman–Crippen MR) is 67.5 cm³/mol. The van der Waals surface area contributed by atoms with Crippen molar-refractivity contribution in [2.45, 2.75) is 6.61 Å². The highest BCUT2D eigenvalue weighted by molar-refractivity contribution is 6.31. The Bertz CT molecular complexity index is 614. The van der Waals surface area contributed by atoms with Crippen LogP contribution in [0.3, 0.4) is 0 Å². The van der Waals surface area contributed by atoms with E-state index in [1.165, 1.54) is 30.3 Å². The number of ether oxygens (including phenoxy) is 1. The second kappa shape index (κ2) is 5.80. The Hall–Kier alpha value is -1.94. The molecule has 0 aliphatic heterocycles. The number of carbonyl (C=O) groups is 1. The maximum Gasteiger partial charge on any atom is 0.153 e. The molecule has 0 spiro atoms. The van der Waals surface area contributed by atoms with E-state index in [0.717, 1.165) is 6.07 Å². The molecule has 0 amide bonds. The minimum Gasteiger partial charge on any atom is -0.488 e. The average Bonchev–Trinajstić information content (AvgIpc) is 2.40. The third-order valence-electron chi connectivity index (χ3n) is 2.49. The summed E-state index contributed by atoms with van der Waals surface area (Å²) in [5.74, 6) is -0.743. The molecule has 0 radical (unpaired) electrons. The molecule has 0 bridgehead atoms. The van der Waals surface area contributed by atoms with Crippen molar-refractivity contribution in [2.24, 2.45) is 0 Å². The van der Waals surface area contributed by atoms with Crippen molar-refractivity contribution in [3.05, 3.63) is 64.2 Å². The lowest BCUT2D eigenvalue weighted by atomic mass is 10.2. The van der Waals surface area contributed by atoms with E-state index in [9.17, 15) is 13.6 Å². The fraction of sp³-hybridized carbons (Fsp3) is 0.0714. The topological polar surface area (TPSA) is 26.3 Å². The van der Waals surface area contributed by atoms with E-state index < -0.39 is 11.6 Å². The average molecular weight is 283 g/mol. The van der Waals surface area contributed by atoms with Crippen LogP contribution in [-0.2, 0) is 6.61 Å². The van der Waals surface area contributed by atoms with E-state index in [1.54, 1.807) is 0 Å². The van der Waals surface area contributed by atoms with Gasteiger partial charge in [0, 0.05) is 10.6 Å². The van der Waals surface area contributed by atoms with Gasteiger partial charge in [-0.2, -0.15) is 0 Å². The van der Waals surface area contributed by atoms with E-state index in [4.69, 9.17) is 16.3 Å². The summed E-state index contributed by atoms with van der Waals surface area (Å²) >= 11 is 5.89. The second-order valence-electron chi connectivity index (χ2n) is 3.82. The zero-order valence-electron chi connectivity index (χ0n) is 9.70. The Labute approximate surface area is 113 Å².